The standard InChI is InChI=1S/C42H67N3O/c1-10-32(8)40-20-19-35(26-37(40)29-44-24-22-43(9)23-25-44)36(27-38(11-2)45-21-13-14-42(45)46)28-41(31(6)7)34-17-15-33(16-18-34)39(12-3)30(4)5/h15-20,26,30-32,36,38-39,41H,10-14,21-25,27-29H2,1-9H3. The van der Waals surface area contributed by atoms with Crippen molar-refractivity contribution in [1.82, 2.24) is 14.7 Å². The van der Waals surface area contributed by atoms with E-state index in [9.17, 15) is 4.79 Å². The Kier molecular flexibility index (Phi) is 13.8. The molecule has 4 nitrogen and oxygen atoms in total. The van der Waals surface area contributed by atoms with Gasteiger partial charge in [0.25, 0.3) is 0 Å². The minimum atomic E-state index is 0.307. The molecule has 1 amide bonds. The molecule has 2 aliphatic rings. The van der Waals surface area contributed by atoms with Crippen molar-refractivity contribution in [1.29, 1.82) is 0 Å². The number of piperazine rings is 1. The van der Waals surface area contributed by atoms with Gasteiger partial charge in [-0.25, -0.2) is 0 Å². The largest absolute Gasteiger partial charge is 0.340 e. The zero-order chi connectivity index (χ0) is 33.4. The molecule has 0 saturated carbocycles. The molecular weight excluding hydrogens is 562 g/mol. The van der Waals surface area contributed by atoms with Gasteiger partial charge in [0.2, 0.25) is 5.91 Å². The third-order valence-electron chi connectivity index (χ3n) is 11.7. The van der Waals surface area contributed by atoms with E-state index in [1.54, 1.807) is 0 Å². The van der Waals surface area contributed by atoms with Crippen molar-refractivity contribution in [2.75, 3.05) is 39.8 Å². The Morgan fingerprint density at radius 2 is 1.30 bits per heavy atom. The highest BCUT2D eigenvalue weighted by atomic mass is 16.2. The molecule has 2 aromatic rings. The minimum Gasteiger partial charge on any atom is -0.340 e. The average Bonchev–Trinajstić information content (AvgIpc) is 3.47. The molecule has 2 aromatic carbocycles. The van der Waals surface area contributed by atoms with Crippen LogP contribution in [-0.2, 0) is 11.3 Å². The second-order valence-corrected chi connectivity index (χ2v) is 15.5. The summed E-state index contributed by atoms with van der Waals surface area (Å²) < 4.78 is 0. The second kappa shape index (κ2) is 17.3. The van der Waals surface area contributed by atoms with Gasteiger partial charge in [0, 0.05) is 51.7 Å². The van der Waals surface area contributed by atoms with E-state index in [2.05, 4.69) is 120 Å². The van der Waals surface area contributed by atoms with Crippen LogP contribution < -0.4 is 0 Å². The Balaban J connectivity index is 1.70. The van der Waals surface area contributed by atoms with Crippen LogP contribution in [0, 0.1) is 11.8 Å². The Bertz CT molecular complexity index is 1210. The van der Waals surface area contributed by atoms with E-state index in [-0.39, 0.29) is 0 Å². The lowest BCUT2D eigenvalue weighted by atomic mass is 9.75. The number of nitrogens with zero attached hydrogens (tertiary/aromatic N) is 3. The second-order valence-electron chi connectivity index (χ2n) is 15.5. The number of rotatable bonds is 16. The highest BCUT2D eigenvalue weighted by molar-refractivity contribution is 5.78. The van der Waals surface area contributed by atoms with Crippen LogP contribution in [0.25, 0.3) is 0 Å². The maximum atomic E-state index is 13.0. The van der Waals surface area contributed by atoms with Crippen LogP contribution in [0.1, 0.15) is 152 Å². The van der Waals surface area contributed by atoms with Gasteiger partial charge in [-0.05, 0) is 109 Å². The van der Waals surface area contributed by atoms with Gasteiger partial charge in [-0.2, -0.15) is 0 Å². The summed E-state index contributed by atoms with van der Waals surface area (Å²) in [5, 5.41) is 0. The van der Waals surface area contributed by atoms with Gasteiger partial charge in [-0.3, -0.25) is 9.69 Å². The smallest absolute Gasteiger partial charge is 0.222 e. The lowest BCUT2D eigenvalue weighted by molar-refractivity contribution is -0.129. The minimum absolute atomic E-state index is 0.307. The average molecular weight is 630 g/mol. The molecule has 0 N–H and O–H groups in total. The van der Waals surface area contributed by atoms with Gasteiger partial charge in [-0.15, -0.1) is 0 Å². The van der Waals surface area contributed by atoms with Crippen molar-refractivity contribution >= 4 is 5.91 Å². The number of amides is 1. The Morgan fingerprint density at radius 1 is 0.696 bits per heavy atom. The molecule has 0 radical (unpaired) electrons. The lowest BCUT2D eigenvalue weighted by Gasteiger charge is -2.35. The van der Waals surface area contributed by atoms with Gasteiger partial charge in [0.05, 0.1) is 0 Å². The number of likely N-dealkylation sites (N-methyl/N-ethyl adjacent to an activating group) is 1. The summed E-state index contributed by atoms with van der Waals surface area (Å²) in [7, 11) is 2.24. The fourth-order valence-electron chi connectivity index (χ4n) is 8.41. The summed E-state index contributed by atoms with van der Waals surface area (Å²) in [6.07, 6.45) is 7.26. The molecule has 2 saturated heterocycles. The van der Waals surface area contributed by atoms with Crippen molar-refractivity contribution in [2.45, 2.75) is 137 Å². The van der Waals surface area contributed by atoms with Gasteiger partial charge in [-0.1, -0.05) is 97.9 Å². The van der Waals surface area contributed by atoms with E-state index in [4.69, 9.17) is 0 Å². The monoisotopic (exact) mass is 630 g/mol. The summed E-state index contributed by atoms with van der Waals surface area (Å²) in [6.45, 7) is 25.4. The molecule has 46 heavy (non-hydrogen) atoms. The van der Waals surface area contributed by atoms with Gasteiger partial charge in [0.1, 0.15) is 0 Å². The van der Waals surface area contributed by atoms with Crippen molar-refractivity contribution in [2.24, 2.45) is 11.8 Å². The first kappa shape index (κ1) is 36.7. The van der Waals surface area contributed by atoms with Gasteiger partial charge in [0.15, 0.2) is 0 Å². The molecule has 2 aliphatic heterocycles. The number of carbonyl (C=O) groups is 1. The van der Waals surface area contributed by atoms with Crippen molar-refractivity contribution < 1.29 is 4.79 Å². The van der Waals surface area contributed by atoms with E-state index < -0.39 is 0 Å². The Hall–Kier alpha value is -2.17. The van der Waals surface area contributed by atoms with Gasteiger partial charge >= 0.3 is 0 Å². The molecule has 256 valence electrons. The number of benzene rings is 2. The van der Waals surface area contributed by atoms with E-state index in [0.29, 0.717) is 47.5 Å². The van der Waals surface area contributed by atoms with Crippen molar-refractivity contribution in [3.8, 4) is 0 Å². The Labute approximate surface area is 283 Å². The SMILES string of the molecule is CCC(C)c1ccc(C(CC(c2ccc(C(CC)C(C)C)cc2)C(C)C)CC(CC)N2CCCC2=O)cc1CN1CCN(C)CC1. The molecule has 5 unspecified atom stereocenters. The third kappa shape index (κ3) is 9.25. The first-order valence-corrected chi connectivity index (χ1v) is 19.0. The van der Waals surface area contributed by atoms with Crippen LogP contribution in [0.4, 0.5) is 0 Å². The number of hydrogen-bond acceptors (Lipinski definition) is 3. The molecule has 2 heterocycles. The molecule has 4 rings (SSSR count). The van der Waals surface area contributed by atoms with Crippen LogP contribution in [0.5, 0.6) is 0 Å². The van der Waals surface area contributed by atoms with Crippen LogP contribution in [0.2, 0.25) is 0 Å². The predicted molar refractivity (Wildman–Crippen MR) is 197 cm³/mol. The van der Waals surface area contributed by atoms with Crippen molar-refractivity contribution in [3.05, 3.63) is 70.3 Å². The molecular formula is C42H67N3O. The third-order valence-corrected chi connectivity index (χ3v) is 11.7. The van der Waals surface area contributed by atoms with Crippen LogP contribution in [0.15, 0.2) is 42.5 Å². The fourth-order valence-corrected chi connectivity index (χ4v) is 8.41. The van der Waals surface area contributed by atoms with E-state index in [0.717, 1.165) is 77.8 Å². The topological polar surface area (TPSA) is 26.8 Å². The van der Waals surface area contributed by atoms with Crippen LogP contribution >= 0.6 is 0 Å². The van der Waals surface area contributed by atoms with E-state index in [1.165, 1.54) is 34.2 Å². The summed E-state index contributed by atoms with van der Waals surface area (Å²) in [6, 6.07) is 17.6. The molecule has 0 spiro atoms. The van der Waals surface area contributed by atoms with E-state index in [1.807, 2.05) is 0 Å². The number of carbonyl (C=O) groups excluding carboxylic acids is 1. The quantitative estimate of drug-likeness (QED) is 0.185. The highest BCUT2D eigenvalue weighted by Gasteiger charge is 2.32. The molecule has 0 bridgehead atoms. The summed E-state index contributed by atoms with van der Waals surface area (Å²) in [5.74, 6) is 3.60. The predicted octanol–water partition coefficient (Wildman–Crippen LogP) is 9.80. The zero-order valence-corrected chi connectivity index (χ0v) is 31.0. The molecule has 2 fully saturated rings. The number of hydrogen-bond donors (Lipinski definition) is 0. The first-order chi connectivity index (χ1) is 22.1. The highest BCUT2D eigenvalue weighted by Crippen LogP contribution is 2.41. The summed E-state index contributed by atoms with van der Waals surface area (Å²) in [5.41, 5.74) is 7.48. The summed E-state index contributed by atoms with van der Waals surface area (Å²) in [4.78, 5) is 20.3. The first-order valence-electron chi connectivity index (χ1n) is 19.0. The molecule has 5 atom stereocenters. The van der Waals surface area contributed by atoms with E-state index >= 15 is 0 Å². The van der Waals surface area contributed by atoms with Crippen LogP contribution in [-0.4, -0.2) is 66.4 Å². The molecule has 4 heteroatoms. The maximum absolute atomic E-state index is 13.0. The van der Waals surface area contributed by atoms with Crippen LogP contribution in [0.3, 0.4) is 0 Å². The normalized spacial score (nSPS) is 20.0. The fraction of sp³-hybridized carbons (Fsp3) is 0.690. The van der Waals surface area contributed by atoms with Gasteiger partial charge < -0.3 is 9.80 Å². The molecule has 0 aromatic heterocycles. The summed E-state index contributed by atoms with van der Waals surface area (Å²) >= 11 is 0. The lowest BCUT2D eigenvalue weighted by Crippen LogP contribution is -2.44. The number of likely N-dealkylation sites (tertiary alicyclic amines) is 1. The van der Waals surface area contributed by atoms with Crippen molar-refractivity contribution in [3.63, 3.8) is 0 Å². The zero-order valence-electron chi connectivity index (χ0n) is 31.0. The molecule has 0 aliphatic carbocycles. The Morgan fingerprint density at radius 3 is 1.83 bits per heavy atom. The maximum Gasteiger partial charge on any atom is 0.222 e.